The molecule has 1 unspecified atom stereocenters. The first-order valence-electron chi connectivity index (χ1n) is 5.08. The number of hydrogen-bond donors (Lipinski definition) is 2. The SMILES string of the molecule is Cc1nnc(C(N)CO)n1-c1ccccc1. The van der Waals surface area contributed by atoms with Crippen LogP contribution in [0.5, 0.6) is 0 Å². The van der Waals surface area contributed by atoms with E-state index < -0.39 is 6.04 Å². The van der Waals surface area contributed by atoms with Crippen molar-refractivity contribution < 1.29 is 5.11 Å². The molecule has 1 aromatic heterocycles. The Morgan fingerprint density at radius 3 is 2.62 bits per heavy atom. The highest BCUT2D eigenvalue weighted by molar-refractivity contribution is 5.34. The third kappa shape index (κ3) is 1.82. The molecule has 0 amide bonds. The summed E-state index contributed by atoms with van der Waals surface area (Å²) in [6, 6.07) is 9.19. The predicted molar refractivity (Wildman–Crippen MR) is 60.1 cm³/mol. The van der Waals surface area contributed by atoms with Gasteiger partial charge in [-0.2, -0.15) is 0 Å². The molecule has 0 aliphatic rings. The van der Waals surface area contributed by atoms with Gasteiger partial charge in [0, 0.05) is 5.69 Å². The molecule has 0 fully saturated rings. The predicted octanol–water partition coefficient (Wildman–Crippen LogP) is 0.568. The van der Waals surface area contributed by atoms with E-state index in [-0.39, 0.29) is 6.61 Å². The third-order valence-corrected chi connectivity index (χ3v) is 2.39. The Morgan fingerprint density at radius 2 is 2.00 bits per heavy atom. The molecule has 0 aliphatic heterocycles. The molecule has 3 N–H and O–H groups in total. The van der Waals surface area contributed by atoms with Crippen LogP contribution in [0.4, 0.5) is 0 Å². The van der Waals surface area contributed by atoms with E-state index in [2.05, 4.69) is 10.2 Å². The molecule has 1 atom stereocenters. The van der Waals surface area contributed by atoms with E-state index in [1.54, 1.807) is 0 Å². The summed E-state index contributed by atoms with van der Waals surface area (Å²) in [4.78, 5) is 0. The fraction of sp³-hybridized carbons (Fsp3) is 0.273. The van der Waals surface area contributed by atoms with Crippen molar-refractivity contribution in [2.45, 2.75) is 13.0 Å². The number of nitrogens with zero attached hydrogens (tertiary/aromatic N) is 3. The lowest BCUT2D eigenvalue weighted by atomic mass is 10.2. The lowest BCUT2D eigenvalue weighted by Gasteiger charge is -2.11. The maximum absolute atomic E-state index is 9.06. The first kappa shape index (κ1) is 10.8. The first-order chi connectivity index (χ1) is 7.74. The fourth-order valence-electron chi connectivity index (χ4n) is 1.60. The molecule has 0 bridgehead atoms. The summed E-state index contributed by atoms with van der Waals surface area (Å²) < 4.78 is 1.85. The van der Waals surface area contributed by atoms with Crippen molar-refractivity contribution in [3.63, 3.8) is 0 Å². The third-order valence-electron chi connectivity index (χ3n) is 2.39. The lowest BCUT2D eigenvalue weighted by Crippen LogP contribution is -2.19. The van der Waals surface area contributed by atoms with Crippen molar-refractivity contribution in [2.75, 3.05) is 6.61 Å². The standard InChI is InChI=1S/C11H14N4O/c1-8-13-14-11(10(12)7-16)15(8)9-5-3-2-4-6-9/h2-6,10,16H,7,12H2,1H3. The summed E-state index contributed by atoms with van der Waals surface area (Å²) in [5, 5.41) is 17.0. The van der Waals surface area contributed by atoms with Crippen LogP contribution >= 0.6 is 0 Å². The Labute approximate surface area is 93.5 Å². The van der Waals surface area contributed by atoms with Gasteiger partial charge in [0.2, 0.25) is 0 Å². The Morgan fingerprint density at radius 1 is 1.31 bits per heavy atom. The van der Waals surface area contributed by atoms with Gasteiger partial charge in [0.15, 0.2) is 5.82 Å². The van der Waals surface area contributed by atoms with E-state index >= 15 is 0 Å². The summed E-state index contributed by atoms with van der Waals surface area (Å²) in [5.41, 5.74) is 6.72. The number of rotatable bonds is 3. The van der Waals surface area contributed by atoms with Gasteiger partial charge in [-0.3, -0.25) is 4.57 Å². The molecule has 5 heteroatoms. The van der Waals surface area contributed by atoms with Crippen LogP contribution in [-0.2, 0) is 0 Å². The molecule has 0 spiro atoms. The van der Waals surface area contributed by atoms with E-state index in [0.29, 0.717) is 5.82 Å². The monoisotopic (exact) mass is 218 g/mol. The summed E-state index contributed by atoms with van der Waals surface area (Å²) in [5.74, 6) is 1.33. The second-order valence-electron chi connectivity index (χ2n) is 3.57. The number of aryl methyl sites for hydroxylation is 1. The van der Waals surface area contributed by atoms with Crippen LogP contribution in [-0.4, -0.2) is 26.5 Å². The summed E-state index contributed by atoms with van der Waals surface area (Å²) >= 11 is 0. The Hall–Kier alpha value is -1.72. The van der Waals surface area contributed by atoms with Crippen molar-refractivity contribution in [3.8, 4) is 5.69 Å². The molecule has 84 valence electrons. The van der Waals surface area contributed by atoms with Gasteiger partial charge >= 0.3 is 0 Å². The smallest absolute Gasteiger partial charge is 0.156 e. The van der Waals surface area contributed by atoms with Gasteiger partial charge in [0.1, 0.15) is 5.82 Å². The minimum absolute atomic E-state index is 0.148. The minimum Gasteiger partial charge on any atom is -0.394 e. The molecule has 16 heavy (non-hydrogen) atoms. The molecular weight excluding hydrogens is 204 g/mol. The number of benzene rings is 1. The zero-order valence-electron chi connectivity index (χ0n) is 9.04. The quantitative estimate of drug-likeness (QED) is 0.789. The first-order valence-corrected chi connectivity index (χ1v) is 5.08. The number of para-hydroxylation sites is 1. The maximum Gasteiger partial charge on any atom is 0.156 e. The van der Waals surface area contributed by atoms with Crippen molar-refractivity contribution in [1.29, 1.82) is 0 Å². The normalized spacial score (nSPS) is 12.7. The average Bonchev–Trinajstić information content (AvgIpc) is 2.71. The van der Waals surface area contributed by atoms with Crippen molar-refractivity contribution in [2.24, 2.45) is 5.73 Å². The number of nitrogens with two attached hydrogens (primary N) is 1. The van der Waals surface area contributed by atoms with Crippen LogP contribution in [0.1, 0.15) is 17.7 Å². The number of aliphatic hydroxyl groups excluding tert-OH is 1. The van der Waals surface area contributed by atoms with E-state index in [4.69, 9.17) is 10.8 Å². The van der Waals surface area contributed by atoms with E-state index in [0.717, 1.165) is 11.5 Å². The lowest BCUT2D eigenvalue weighted by molar-refractivity contribution is 0.262. The van der Waals surface area contributed by atoms with Gasteiger partial charge < -0.3 is 10.8 Å². The highest BCUT2D eigenvalue weighted by Crippen LogP contribution is 2.16. The van der Waals surface area contributed by atoms with E-state index in [1.807, 2.05) is 41.8 Å². The largest absolute Gasteiger partial charge is 0.394 e. The molecule has 0 saturated carbocycles. The summed E-state index contributed by atoms with van der Waals surface area (Å²) in [6.07, 6.45) is 0. The average molecular weight is 218 g/mol. The molecule has 0 saturated heterocycles. The Bertz CT molecular complexity index is 466. The molecule has 1 aromatic carbocycles. The number of aliphatic hydroxyl groups is 1. The van der Waals surface area contributed by atoms with Crippen molar-refractivity contribution in [3.05, 3.63) is 42.0 Å². The molecule has 0 radical (unpaired) electrons. The number of aromatic nitrogens is 3. The van der Waals surface area contributed by atoms with Gasteiger partial charge in [-0.05, 0) is 19.1 Å². The van der Waals surface area contributed by atoms with Crippen molar-refractivity contribution >= 4 is 0 Å². The van der Waals surface area contributed by atoms with Gasteiger partial charge in [-0.1, -0.05) is 18.2 Å². The maximum atomic E-state index is 9.06. The summed E-state index contributed by atoms with van der Waals surface area (Å²) in [6.45, 7) is 1.71. The summed E-state index contributed by atoms with van der Waals surface area (Å²) in [7, 11) is 0. The number of hydrogen-bond acceptors (Lipinski definition) is 4. The minimum atomic E-state index is -0.513. The van der Waals surface area contributed by atoms with Crippen LogP contribution in [0.25, 0.3) is 5.69 Å². The topological polar surface area (TPSA) is 77.0 Å². The molecule has 5 nitrogen and oxygen atoms in total. The van der Waals surface area contributed by atoms with Crippen LogP contribution in [0.2, 0.25) is 0 Å². The van der Waals surface area contributed by atoms with Crippen LogP contribution in [0, 0.1) is 6.92 Å². The highest BCUT2D eigenvalue weighted by Gasteiger charge is 2.16. The second kappa shape index (κ2) is 4.42. The van der Waals surface area contributed by atoms with Crippen LogP contribution < -0.4 is 5.73 Å². The molecule has 1 heterocycles. The van der Waals surface area contributed by atoms with E-state index in [9.17, 15) is 0 Å². The fourth-order valence-corrected chi connectivity index (χ4v) is 1.60. The Balaban J connectivity index is 2.52. The van der Waals surface area contributed by atoms with Gasteiger partial charge in [-0.15, -0.1) is 10.2 Å². The van der Waals surface area contributed by atoms with Crippen molar-refractivity contribution in [1.82, 2.24) is 14.8 Å². The van der Waals surface area contributed by atoms with Crippen LogP contribution in [0.15, 0.2) is 30.3 Å². The zero-order valence-corrected chi connectivity index (χ0v) is 9.04. The Kier molecular flexibility index (Phi) is 2.98. The molecule has 2 rings (SSSR count). The second-order valence-corrected chi connectivity index (χ2v) is 3.57. The zero-order chi connectivity index (χ0) is 11.5. The molecular formula is C11H14N4O. The van der Waals surface area contributed by atoms with Gasteiger partial charge in [0.05, 0.1) is 12.6 Å². The van der Waals surface area contributed by atoms with E-state index in [1.165, 1.54) is 0 Å². The highest BCUT2D eigenvalue weighted by atomic mass is 16.3. The van der Waals surface area contributed by atoms with Crippen LogP contribution in [0.3, 0.4) is 0 Å². The van der Waals surface area contributed by atoms with Gasteiger partial charge in [-0.25, -0.2) is 0 Å². The van der Waals surface area contributed by atoms with Gasteiger partial charge in [0.25, 0.3) is 0 Å². The molecule has 0 aliphatic carbocycles. The molecule has 2 aromatic rings.